The molecule has 0 bridgehead atoms. The van der Waals surface area contributed by atoms with Gasteiger partial charge in [0.2, 0.25) is 23.6 Å². The Bertz CT molecular complexity index is 1800. The van der Waals surface area contributed by atoms with Crippen molar-refractivity contribution < 1.29 is 8.83 Å². The largest absolute Gasteiger partial charge is 0.416 e. The quantitative estimate of drug-likeness (QED) is 0.114. The van der Waals surface area contributed by atoms with Crippen molar-refractivity contribution in [2.75, 3.05) is 0 Å². The molecule has 47 heavy (non-hydrogen) atoms. The zero-order valence-corrected chi connectivity index (χ0v) is 28.9. The highest BCUT2D eigenvalue weighted by molar-refractivity contribution is 5.81. The average Bonchev–Trinajstić information content (AvgIpc) is 3.77. The molecule has 0 atom stereocenters. The minimum atomic E-state index is 0.0634. The van der Waals surface area contributed by atoms with Crippen molar-refractivity contribution in [3.63, 3.8) is 0 Å². The highest BCUT2D eigenvalue weighted by Gasteiger charge is 2.22. The molecule has 2 heterocycles. The van der Waals surface area contributed by atoms with Gasteiger partial charge in [-0.15, -0.1) is 20.4 Å². The molecule has 0 aliphatic rings. The lowest BCUT2D eigenvalue weighted by Gasteiger charge is -2.25. The predicted molar refractivity (Wildman–Crippen MR) is 194 cm³/mol. The molecule has 0 unspecified atom stereocenters. The molecule has 0 saturated carbocycles. The van der Waals surface area contributed by atoms with Gasteiger partial charge in [-0.1, -0.05) is 130 Å². The Kier molecular flexibility index (Phi) is 10.4. The molecule has 0 amide bonds. The van der Waals surface area contributed by atoms with Crippen LogP contribution < -0.4 is 0 Å². The zero-order valence-electron chi connectivity index (χ0n) is 28.9. The summed E-state index contributed by atoms with van der Waals surface area (Å²) in [6, 6.07) is 20.7. The number of unbranched alkanes of at least 4 members (excludes halogenated alkanes) is 5. The smallest absolute Gasteiger partial charge is 0.248 e. The van der Waals surface area contributed by atoms with Crippen molar-refractivity contribution in [2.45, 2.75) is 97.3 Å². The summed E-state index contributed by atoms with van der Waals surface area (Å²) in [5, 5.41) is 17.5. The monoisotopic (exact) mass is 628 g/mol. The molecular formula is C41H48N4O2. The van der Waals surface area contributed by atoms with Crippen molar-refractivity contribution in [2.24, 2.45) is 0 Å². The van der Waals surface area contributed by atoms with E-state index in [1.54, 1.807) is 12.2 Å². The van der Waals surface area contributed by atoms with E-state index >= 15 is 0 Å². The third kappa shape index (κ3) is 7.87. The van der Waals surface area contributed by atoms with E-state index in [4.69, 9.17) is 8.83 Å². The minimum Gasteiger partial charge on any atom is -0.416 e. The lowest BCUT2D eigenvalue weighted by molar-refractivity contribution is 0.442. The maximum Gasteiger partial charge on any atom is 0.248 e. The summed E-state index contributed by atoms with van der Waals surface area (Å²) in [6.07, 6.45) is 12.5. The van der Waals surface area contributed by atoms with Gasteiger partial charge in [0.25, 0.3) is 0 Å². The lowest BCUT2D eigenvalue weighted by Crippen LogP contribution is -2.16. The van der Waals surface area contributed by atoms with E-state index in [1.165, 1.54) is 56.1 Å². The summed E-state index contributed by atoms with van der Waals surface area (Å²) < 4.78 is 12.4. The van der Waals surface area contributed by atoms with Crippen LogP contribution in [0.1, 0.15) is 109 Å². The third-order valence-electron chi connectivity index (χ3n) is 9.04. The lowest BCUT2D eigenvalue weighted by atomic mass is 9.79. The van der Waals surface area contributed by atoms with Gasteiger partial charge in [0.15, 0.2) is 0 Å². The predicted octanol–water partition coefficient (Wildman–Crippen LogP) is 11.7. The number of benzene rings is 3. The highest BCUT2D eigenvalue weighted by atomic mass is 16.4. The minimum absolute atomic E-state index is 0.0634. The Balaban J connectivity index is 1.34. The van der Waals surface area contributed by atoms with Crippen LogP contribution in [0.25, 0.3) is 58.0 Å². The molecule has 6 nitrogen and oxygen atoms in total. The first-order valence-corrected chi connectivity index (χ1v) is 16.9. The summed E-state index contributed by atoms with van der Waals surface area (Å²) in [5.74, 6) is 1.73. The molecule has 244 valence electrons. The Hall–Kier alpha value is -4.58. The summed E-state index contributed by atoms with van der Waals surface area (Å²) >= 11 is 0. The van der Waals surface area contributed by atoms with Gasteiger partial charge in [-0.25, -0.2) is 0 Å². The topological polar surface area (TPSA) is 77.8 Å². The van der Waals surface area contributed by atoms with Crippen LogP contribution in [-0.4, -0.2) is 20.4 Å². The van der Waals surface area contributed by atoms with Crippen LogP contribution in [0.5, 0.6) is 0 Å². The highest BCUT2D eigenvalue weighted by Crippen LogP contribution is 2.36. The van der Waals surface area contributed by atoms with E-state index in [2.05, 4.69) is 111 Å². The molecular weight excluding hydrogens is 580 g/mol. The van der Waals surface area contributed by atoms with Crippen LogP contribution in [0.4, 0.5) is 0 Å². The number of hydrogen-bond donors (Lipinski definition) is 0. The molecule has 0 aliphatic heterocycles. The summed E-state index contributed by atoms with van der Waals surface area (Å²) in [5.41, 5.74) is 7.61. The van der Waals surface area contributed by atoms with Crippen LogP contribution in [0.3, 0.4) is 0 Å². The Labute approximate surface area is 280 Å². The third-order valence-corrected chi connectivity index (χ3v) is 9.04. The number of nitrogens with zero attached hydrogens (tertiary/aromatic N) is 4. The summed E-state index contributed by atoms with van der Waals surface area (Å²) in [7, 11) is 0. The van der Waals surface area contributed by atoms with Gasteiger partial charge in [0.1, 0.15) is 0 Å². The second kappa shape index (κ2) is 14.5. The van der Waals surface area contributed by atoms with E-state index in [9.17, 15) is 0 Å². The van der Waals surface area contributed by atoms with E-state index in [-0.39, 0.29) is 10.8 Å². The number of hydrogen-bond acceptors (Lipinski definition) is 6. The van der Waals surface area contributed by atoms with Gasteiger partial charge in [0.05, 0.1) is 0 Å². The van der Waals surface area contributed by atoms with Gasteiger partial charge in [-0.3, -0.25) is 0 Å². The number of aromatic nitrogens is 4. The molecule has 5 aromatic rings. The Morgan fingerprint density at radius 1 is 0.574 bits per heavy atom. The fraction of sp³-hybridized carbons (Fsp3) is 0.366. The van der Waals surface area contributed by atoms with Gasteiger partial charge in [-0.05, 0) is 75.9 Å². The molecule has 3 aromatic carbocycles. The molecule has 0 radical (unpaired) electrons. The fourth-order valence-electron chi connectivity index (χ4n) is 5.91. The van der Waals surface area contributed by atoms with E-state index in [1.807, 2.05) is 24.3 Å². The maximum atomic E-state index is 6.22. The Morgan fingerprint density at radius 3 is 1.45 bits per heavy atom. The molecule has 0 spiro atoms. The normalized spacial score (nSPS) is 12.0. The van der Waals surface area contributed by atoms with Crippen molar-refractivity contribution in [1.82, 2.24) is 20.4 Å². The van der Waals surface area contributed by atoms with E-state index in [0.717, 1.165) is 33.4 Å². The molecule has 6 heteroatoms. The SMILES string of the molecule is C=Cc1cc(-c2nnc(-c3ccc(C(C)(C)CCCCCCCC)cc3)o2)c(C=C)cc1-c1nnc(-c2ccc(C(C)(C)C)cc2)o1. The molecule has 2 aromatic heterocycles. The Morgan fingerprint density at radius 2 is 1.00 bits per heavy atom. The molecule has 0 fully saturated rings. The van der Waals surface area contributed by atoms with Crippen molar-refractivity contribution >= 4 is 12.2 Å². The maximum absolute atomic E-state index is 6.22. The standard InChI is InChI=1S/C41H48N4O2/c1-9-12-13-14-15-16-25-41(7,8)33-23-19-31(20-24-33)37-43-45-39(47-37)35-27-28(10-2)34(26-29(35)11-3)38-44-42-36(46-38)30-17-21-32(22-18-30)40(4,5)6/h10-11,17-24,26-27H,2-3,9,12-16,25H2,1,4-8H3. The van der Waals surface area contributed by atoms with Crippen molar-refractivity contribution in [3.8, 4) is 45.8 Å². The van der Waals surface area contributed by atoms with Crippen molar-refractivity contribution in [1.29, 1.82) is 0 Å². The van der Waals surface area contributed by atoms with Crippen LogP contribution in [0.2, 0.25) is 0 Å². The van der Waals surface area contributed by atoms with Gasteiger partial charge < -0.3 is 8.83 Å². The fourth-order valence-corrected chi connectivity index (χ4v) is 5.91. The van der Waals surface area contributed by atoms with Crippen molar-refractivity contribution in [3.05, 3.63) is 96.1 Å². The van der Waals surface area contributed by atoms with E-state index in [0.29, 0.717) is 23.6 Å². The first-order valence-electron chi connectivity index (χ1n) is 16.9. The van der Waals surface area contributed by atoms with Crippen LogP contribution in [-0.2, 0) is 10.8 Å². The summed E-state index contributed by atoms with van der Waals surface area (Å²) in [4.78, 5) is 0. The van der Waals surface area contributed by atoms with Gasteiger partial charge in [0, 0.05) is 22.3 Å². The molecule has 0 saturated heterocycles. The van der Waals surface area contributed by atoms with Crippen LogP contribution in [0.15, 0.2) is 82.7 Å². The first-order chi connectivity index (χ1) is 22.5. The second-order valence-corrected chi connectivity index (χ2v) is 14.1. The van der Waals surface area contributed by atoms with Gasteiger partial charge >= 0.3 is 0 Å². The van der Waals surface area contributed by atoms with Gasteiger partial charge in [-0.2, -0.15) is 0 Å². The van der Waals surface area contributed by atoms with Crippen LogP contribution in [0, 0.1) is 0 Å². The second-order valence-electron chi connectivity index (χ2n) is 14.1. The molecule has 0 N–H and O–H groups in total. The van der Waals surface area contributed by atoms with E-state index < -0.39 is 0 Å². The number of rotatable bonds is 14. The summed E-state index contributed by atoms with van der Waals surface area (Å²) in [6.45, 7) is 21.6. The molecule has 5 rings (SSSR count). The average molecular weight is 629 g/mol. The zero-order chi connectivity index (χ0) is 33.6. The molecule has 0 aliphatic carbocycles. The van der Waals surface area contributed by atoms with Crippen LogP contribution >= 0.6 is 0 Å². The first kappa shape index (κ1) is 33.8.